The number of nitrogens with one attached hydrogen (secondary N) is 1. The quantitative estimate of drug-likeness (QED) is 0.420. The highest BCUT2D eigenvalue weighted by Crippen LogP contribution is 2.45. The van der Waals surface area contributed by atoms with E-state index >= 15 is 0 Å². The summed E-state index contributed by atoms with van der Waals surface area (Å²) in [6.45, 7) is 2.07. The highest BCUT2D eigenvalue weighted by atomic mass is 35.5. The molecule has 6 rings (SSSR count). The molecule has 0 atom stereocenters. The van der Waals surface area contributed by atoms with E-state index in [0.29, 0.717) is 17.1 Å². The van der Waals surface area contributed by atoms with E-state index in [1.165, 1.54) is 10.4 Å². The number of rotatable bonds is 3. The molecule has 0 radical (unpaired) electrons. The van der Waals surface area contributed by atoms with Crippen molar-refractivity contribution in [1.29, 1.82) is 0 Å². The second kappa shape index (κ2) is 8.37. The van der Waals surface area contributed by atoms with Crippen molar-refractivity contribution in [3.63, 3.8) is 0 Å². The average molecular weight is 486 g/mol. The van der Waals surface area contributed by atoms with Crippen molar-refractivity contribution in [2.45, 2.75) is 13.0 Å². The Bertz CT molecular complexity index is 1300. The monoisotopic (exact) mass is 485 g/mol. The van der Waals surface area contributed by atoms with E-state index < -0.39 is 0 Å². The van der Waals surface area contributed by atoms with Crippen LogP contribution < -0.4 is 14.8 Å². The molecule has 0 bridgehead atoms. The normalized spacial score (nSPS) is 14.8. The molecule has 4 aromatic rings. The minimum absolute atomic E-state index is 0. The fourth-order valence-electron chi connectivity index (χ4n) is 4.04. The average Bonchev–Trinajstić information content (AvgIpc) is 3.48. The number of para-hydroxylation sites is 1. The minimum atomic E-state index is -0.160. The number of hydrogen-bond acceptors (Lipinski definition) is 7. The summed E-state index contributed by atoms with van der Waals surface area (Å²) < 4.78 is 11.9. The third-order valence-corrected chi connectivity index (χ3v) is 7.80. The van der Waals surface area contributed by atoms with Crippen LogP contribution in [0.1, 0.15) is 20.8 Å². The van der Waals surface area contributed by atoms with Gasteiger partial charge in [-0.25, -0.2) is 4.98 Å². The number of aromatic nitrogens is 1. The van der Waals surface area contributed by atoms with Gasteiger partial charge in [0.25, 0.3) is 5.91 Å². The molecule has 6 nitrogen and oxygen atoms in total. The van der Waals surface area contributed by atoms with Crippen LogP contribution in [-0.4, -0.2) is 36.2 Å². The first-order valence-corrected chi connectivity index (χ1v) is 11.7. The van der Waals surface area contributed by atoms with Gasteiger partial charge in [-0.2, -0.15) is 0 Å². The number of thiophene rings is 1. The number of fused-ring (bicyclic) bond motifs is 3. The van der Waals surface area contributed by atoms with Gasteiger partial charge in [-0.1, -0.05) is 12.1 Å². The van der Waals surface area contributed by atoms with Gasteiger partial charge in [0.15, 0.2) is 11.5 Å². The number of carbonyl (C=O) groups excluding carboxylic acids is 1. The summed E-state index contributed by atoms with van der Waals surface area (Å²) >= 11 is 3.33. The van der Waals surface area contributed by atoms with Crippen LogP contribution in [0.3, 0.4) is 0 Å². The maximum absolute atomic E-state index is 13.1. The predicted molar refractivity (Wildman–Crippen MR) is 131 cm³/mol. The van der Waals surface area contributed by atoms with Gasteiger partial charge >= 0.3 is 0 Å². The Hall–Kier alpha value is -2.65. The Balaban J connectivity index is 0.00000216. The number of nitrogens with zero attached hydrogens (tertiary/aromatic N) is 2. The fraction of sp³-hybridized carbons (Fsp3) is 0.217. The number of amides is 1. The van der Waals surface area contributed by atoms with Gasteiger partial charge in [0.1, 0.15) is 10.0 Å². The van der Waals surface area contributed by atoms with Gasteiger partial charge in [-0.05, 0) is 49.4 Å². The minimum Gasteiger partial charge on any atom is -0.454 e. The smallest absolute Gasteiger partial charge is 0.256 e. The number of halogens is 1. The molecular formula is C23H20ClN3O3S2. The lowest BCUT2D eigenvalue weighted by atomic mass is 10.0. The Morgan fingerprint density at radius 2 is 1.97 bits per heavy atom. The van der Waals surface area contributed by atoms with Crippen molar-refractivity contribution in [2.24, 2.45) is 0 Å². The summed E-state index contributed by atoms with van der Waals surface area (Å²) in [5.41, 5.74) is 3.91. The van der Waals surface area contributed by atoms with Gasteiger partial charge in [-0.15, -0.1) is 35.1 Å². The number of thiazole rings is 1. The molecule has 0 saturated carbocycles. The topological polar surface area (TPSA) is 63.7 Å². The van der Waals surface area contributed by atoms with E-state index in [0.717, 1.165) is 45.3 Å². The van der Waals surface area contributed by atoms with E-state index in [2.05, 4.69) is 23.3 Å². The highest BCUT2D eigenvalue weighted by molar-refractivity contribution is 7.23. The SMILES string of the molecule is CN1CCc2c(sc(NC(=O)c3ccc4c(c3)OCO4)c2-c2nc3ccccc3s2)C1.Cl. The molecule has 1 N–H and O–H groups in total. The van der Waals surface area contributed by atoms with Crippen molar-refractivity contribution in [3.8, 4) is 22.1 Å². The second-order valence-electron chi connectivity index (χ2n) is 7.70. The number of anilines is 1. The molecule has 1 amide bonds. The van der Waals surface area contributed by atoms with Gasteiger partial charge in [0.2, 0.25) is 6.79 Å². The maximum Gasteiger partial charge on any atom is 0.256 e. The lowest BCUT2D eigenvalue weighted by Gasteiger charge is -2.22. The number of carbonyl (C=O) groups is 1. The van der Waals surface area contributed by atoms with Crippen molar-refractivity contribution < 1.29 is 14.3 Å². The van der Waals surface area contributed by atoms with Crippen LogP contribution in [0, 0.1) is 0 Å². The van der Waals surface area contributed by atoms with Crippen LogP contribution >= 0.6 is 35.1 Å². The van der Waals surface area contributed by atoms with Crippen molar-refractivity contribution >= 4 is 56.2 Å². The molecule has 2 aromatic carbocycles. The molecule has 9 heteroatoms. The molecule has 0 spiro atoms. The van der Waals surface area contributed by atoms with Crippen LogP contribution in [0.4, 0.5) is 5.00 Å². The van der Waals surface area contributed by atoms with E-state index in [4.69, 9.17) is 14.5 Å². The largest absolute Gasteiger partial charge is 0.454 e. The highest BCUT2D eigenvalue weighted by Gasteiger charge is 2.27. The molecule has 2 aliphatic rings. The molecule has 0 unspecified atom stereocenters. The molecule has 0 aliphatic carbocycles. The van der Waals surface area contributed by atoms with E-state index in [9.17, 15) is 4.79 Å². The number of hydrogen-bond donors (Lipinski definition) is 1. The van der Waals surface area contributed by atoms with Crippen LogP contribution in [0.5, 0.6) is 11.5 Å². The summed E-state index contributed by atoms with van der Waals surface area (Å²) in [6.07, 6.45) is 0.952. The first kappa shape index (κ1) is 21.2. The Morgan fingerprint density at radius 3 is 2.84 bits per heavy atom. The molecule has 32 heavy (non-hydrogen) atoms. The summed E-state index contributed by atoms with van der Waals surface area (Å²) in [4.78, 5) is 21.6. The van der Waals surface area contributed by atoms with Crippen LogP contribution in [0.15, 0.2) is 42.5 Å². The van der Waals surface area contributed by atoms with Gasteiger partial charge in [0.05, 0.1) is 10.2 Å². The van der Waals surface area contributed by atoms with Gasteiger partial charge in [0, 0.05) is 29.1 Å². The lowest BCUT2D eigenvalue weighted by Crippen LogP contribution is -2.25. The molecule has 2 aromatic heterocycles. The zero-order valence-corrected chi connectivity index (χ0v) is 19.7. The van der Waals surface area contributed by atoms with Gasteiger partial charge < -0.3 is 19.7 Å². The Morgan fingerprint density at radius 1 is 1.12 bits per heavy atom. The first-order chi connectivity index (χ1) is 15.2. The zero-order valence-electron chi connectivity index (χ0n) is 17.2. The molecule has 2 aliphatic heterocycles. The molecule has 0 saturated heterocycles. The lowest BCUT2D eigenvalue weighted by molar-refractivity contribution is 0.102. The standard InChI is InChI=1S/C23H19N3O3S2.ClH/c1-26-9-8-14-19(11-26)31-23(20(14)22-24-15-4-2-3-5-18(15)30-22)25-21(27)13-6-7-16-17(10-13)29-12-28-16;/h2-7,10H,8-9,11-12H2,1H3,(H,25,27);1H. The zero-order chi connectivity index (χ0) is 20.9. The summed E-state index contributed by atoms with van der Waals surface area (Å²) in [6, 6.07) is 13.4. The summed E-state index contributed by atoms with van der Waals surface area (Å²) in [5.74, 6) is 1.11. The Labute approximate surface area is 199 Å². The van der Waals surface area contributed by atoms with Crippen molar-refractivity contribution in [3.05, 3.63) is 58.5 Å². The summed E-state index contributed by atoms with van der Waals surface area (Å²) in [7, 11) is 2.13. The van der Waals surface area contributed by atoms with Crippen molar-refractivity contribution in [1.82, 2.24) is 9.88 Å². The molecular weight excluding hydrogens is 466 g/mol. The van der Waals surface area contributed by atoms with E-state index in [1.54, 1.807) is 40.9 Å². The second-order valence-corrected chi connectivity index (χ2v) is 9.84. The third kappa shape index (κ3) is 3.63. The van der Waals surface area contributed by atoms with Crippen molar-refractivity contribution in [2.75, 3.05) is 25.7 Å². The van der Waals surface area contributed by atoms with Gasteiger partial charge in [-0.3, -0.25) is 4.79 Å². The van der Waals surface area contributed by atoms with E-state index in [1.807, 2.05) is 18.2 Å². The van der Waals surface area contributed by atoms with Crippen LogP contribution in [0.2, 0.25) is 0 Å². The molecule has 164 valence electrons. The fourth-order valence-corrected chi connectivity index (χ4v) is 6.47. The van der Waals surface area contributed by atoms with E-state index in [-0.39, 0.29) is 25.1 Å². The predicted octanol–water partition coefficient (Wildman–Crippen LogP) is 5.42. The summed E-state index contributed by atoms with van der Waals surface area (Å²) in [5, 5.41) is 4.99. The number of benzene rings is 2. The first-order valence-electron chi connectivity index (χ1n) is 10.1. The number of likely N-dealkylation sites (N-methyl/N-ethyl adjacent to an activating group) is 1. The molecule has 0 fully saturated rings. The van der Waals surface area contributed by atoms with Crippen LogP contribution in [0.25, 0.3) is 20.8 Å². The molecule has 4 heterocycles. The Kier molecular flexibility index (Phi) is 5.54. The maximum atomic E-state index is 13.1. The third-order valence-electron chi connectivity index (χ3n) is 5.62. The number of ether oxygens (including phenoxy) is 2. The van der Waals surface area contributed by atoms with Crippen LogP contribution in [-0.2, 0) is 13.0 Å².